The lowest BCUT2D eigenvalue weighted by Gasteiger charge is -2.13. The summed E-state index contributed by atoms with van der Waals surface area (Å²) in [5.74, 6) is -0.154. The highest BCUT2D eigenvalue weighted by molar-refractivity contribution is 5.96. The topological polar surface area (TPSA) is 72.9 Å². The summed E-state index contributed by atoms with van der Waals surface area (Å²) in [6.45, 7) is 0. The third-order valence-electron chi connectivity index (χ3n) is 2.06. The lowest BCUT2D eigenvalue weighted by atomic mass is 10.2. The fourth-order valence-electron chi connectivity index (χ4n) is 1.19. The summed E-state index contributed by atoms with van der Waals surface area (Å²) >= 11 is 0. The van der Waals surface area contributed by atoms with Gasteiger partial charge < -0.3 is 10.2 Å². The average Bonchev–Trinajstić information content (AvgIpc) is 2.28. The van der Waals surface area contributed by atoms with E-state index in [4.69, 9.17) is 5.21 Å². The summed E-state index contributed by atoms with van der Waals surface area (Å²) in [4.78, 5) is 24.3. The molecule has 0 aliphatic heterocycles. The van der Waals surface area contributed by atoms with E-state index in [0.717, 1.165) is 0 Å². The number of benzene rings is 1. The predicted molar refractivity (Wildman–Crippen MR) is 63.0 cm³/mol. The van der Waals surface area contributed by atoms with Gasteiger partial charge in [0.1, 0.15) is 0 Å². The number of hydrogen-bond donors (Lipinski definition) is 2. The Morgan fingerprint density at radius 2 is 1.88 bits per heavy atom. The molecule has 0 aromatic heterocycles. The molecule has 0 unspecified atom stereocenters. The molecule has 0 aliphatic rings. The Kier molecular flexibility index (Phi) is 4.06. The highest BCUT2D eigenvalue weighted by Gasteiger charge is 2.10. The van der Waals surface area contributed by atoms with E-state index in [-0.39, 0.29) is 5.91 Å². The molecule has 1 aromatic rings. The van der Waals surface area contributed by atoms with Crippen LogP contribution in [0.5, 0.6) is 0 Å². The summed E-state index contributed by atoms with van der Waals surface area (Å²) < 4.78 is 0. The molecule has 0 spiro atoms. The maximum atomic E-state index is 11.7. The van der Waals surface area contributed by atoms with Crippen molar-refractivity contribution < 1.29 is 14.8 Å². The largest absolute Gasteiger partial charge is 0.345 e. The van der Waals surface area contributed by atoms with E-state index < -0.39 is 6.03 Å². The zero-order valence-corrected chi connectivity index (χ0v) is 9.97. The third-order valence-corrected chi connectivity index (χ3v) is 2.06. The number of nitrogens with one attached hydrogen (secondary N) is 1. The van der Waals surface area contributed by atoms with Gasteiger partial charge in [-0.3, -0.25) is 10.0 Å². The van der Waals surface area contributed by atoms with E-state index in [9.17, 15) is 9.59 Å². The monoisotopic (exact) mass is 237 g/mol. The molecule has 2 N–H and O–H groups in total. The first-order valence-electron chi connectivity index (χ1n) is 4.97. The molecule has 0 saturated carbocycles. The van der Waals surface area contributed by atoms with Crippen molar-refractivity contribution in [1.82, 2.24) is 9.96 Å². The van der Waals surface area contributed by atoms with Gasteiger partial charge in [0.15, 0.2) is 0 Å². The minimum atomic E-state index is -0.667. The van der Waals surface area contributed by atoms with Crippen LogP contribution in [0.3, 0.4) is 0 Å². The van der Waals surface area contributed by atoms with Crippen LogP contribution >= 0.6 is 0 Å². The number of hydroxylamine groups is 2. The maximum absolute atomic E-state index is 11.7. The second-order valence-corrected chi connectivity index (χ2v) is 3.73. The standard InChI is InChI=1S/C11H15N3O3/c1-13(2)10(15)8-5-4-6-9(7-8)12-11(16)14(3)17/h4-7,17H,1-3H3,(H,12,16). The Hall–Kier alpha value is -2.08. The fraction of sp³-hybridized carbons (Fsp3) is 0.273. The average molecular weight is 237 g/mol. The summed E-state index contributed by atoms with van der Waals surface area (Å²) in [5, 5.41) is 11.8. The van der Waals surface area contributed by atoms with Gasteiger partial charge in [-0.05, 0) is 18.2 Å². The quantitative estimate of drug-likeness (QED) is 0.600. The molecule has 17 heavy (non-hydrogen) atoms. The first-order chi connectivity index (χ1) is 7.91. The van der Waals surface area contributed by atoms with Gasteiger partial charge in [0, 0.05) is 32.4 Å². The van der Waals surface area contributed by atoms with Crippen molar-refractivity contribution >= 4 is 17.6 Å². The van der Waals surface area contributed by atoms with Crippen LogP contribution in [-0.4, -0.2) is 48.3 Å². The summed E-state index contributed by atoms with van der Waals surface area (Å²) in [6, 6.07) is 5.82. The molecule has 1 rings (SSSR count). The van der Waals surface area contributed by atoms with E-state index in [2.05, 4.69) is 5.32 Å². The molecule has 92 valence electrons. The molecule has 3 amide bonds. The summed E-state index contributed by atoms with van der Waals surface area (Å²) in [7, 11) is 4.51. The van der Waals surface area contributed by atoms with Gasteiger partial charge in [-0.25, -0.2) is 9.86 Å². The van der Waals surface area contributed by atoms with Crippen LogP contribution < -0.4 is 5.32 Å². The molecule has 6 nitrogen and oxygen atoms in total. The highest BCUT2D eigenvalue weighted by atomic mass is 16.5. The summed E-state index contributed by atoms with van der Waals surface area (Å²) in [6.07, 6.45) is 0. The summed E-state index contributed by atoms with van der Waals surface area (Å²) in [5.41, 5.74) is 0.914. The number of anilines is 1. The van der Waals surface area contributed by atoms with Gasteiger partial charge in [-0.2, -0.15) is 0 Å². The van der Waals surface area contributed by atoms with Crippen molar-refractivity contribution in [3.63, 3.8) is 0 Å². The van der Waals surface area contributed by atoms with Crippen LogP contribution in [0.4, 0.5) is 10.5 Å². The van der Waals surface area contributed by atoms with Crippen LogP contribution in [0.1, 0.15) is 10.4 Å². The Morgan fingerprint density at radius 1 is 1.24 bits per heavy atom. The minimum Gasteiger partial charge on any atom is -0.345 e. The lowest BCUT2D eigenvalue weighted by molar-refractivity contribution is -0.0118. The van der Waals surface area contributed by atoms with E-state index in [0.29, 0.717) is 16.3 Å². The van der Waals surface area contributed by atoms with Crippen LogP contribution in [0.15, 0.2) is 24.3 Å². The second-order valence-electron chi connectivity index (χ2n) is 3.73. The molecule has 0 bridgehead atoms. The zero-order chi connectivity index (χ0) is 13.0. The molecule has 0 fully saturated rings. The van der Waals surface area contributed by atoms with Crippen molar-refractivity contribution in [3.05, 3.63) is 29.8 Å². The molecule has 6 heteroatoms. The Labute approximate surface area is 99.4 Å². The number of amides is 3. The van der Waals surface area contributed by atoms with Gasteiger partial charge in [0.25, 0.3) is 5.91 Å². The van der Waals surface area contributed by atoms with Crippen molar-refractivity contribution in [3.8, 4) is 0 Å². The van der Waals surface area contributed by atoms with Crippen LogP contribution in [0, 0.1) is 0 Å². The predicted octanol–water partition coefficient (Wildman–Crippen LogP) is 1.24. The van der Waals surface area contributed by atoms with Crippen molar-refractivity contribution in [2.24, 2.45) is 0 Å². The van der Waals surface area contributed by atoms with E-state index in [1.807, 2.05) is 0 Å². The number of nitrogens with zero attached hydrogens (tertiary/aromatic N) is 2. The molecular formula is C11H15N3O3. The Bertz CT molecular complexity index is 430. The van der Waals surface area contributed by atoms with E-state index in [1.54, 1.807) is 38.4 Å². The first kappa shape index (κ1) is 13.0. The van der Waals surface area contributed by atoms with Gasteiger partial charge in [-0.1, -0.05) is 6.07 Å². The fourth-order valence-corrected chi connectivity index (χ4v) is 1.19. The number of hydrogen-bond acceptors (Lipinski definition) is 3. The molecule has 1 aromatic carbocycles. The smallest absolute Gasteiger partial charge is 0.345 e. The van der Waals surface area contributed by atoms with Crippen LogP contribution in [0.25, 0.3) is 0 Å². The van der Waals surface area contributed by atoms with Crippen molar-refractivity contribution in [2.45, 2.75) is 0 Å². The molecule has 0 radical (unpaired) electrons. The minimum absolute atomic E-state index is 0.154. The van der Waals surface area contributed by atoms with E-state index >= 15 is 0 Å². The van der Waals surface area contributed by atoms with Gasteiger partial charge in [-0.15, -0.1) is 0 Å². The van der Waals surface area contributed by atoms with Crippen molar-refractivity contribution in [2.75, 3.05) is 26.5 Å². The van der Waals surface area contributed by atoms with Gasteiger partial charge >= 0.3 is 6.03 Å². The third kappa shape index (κ3) is 3.46. The first-order valence-corrected chi connectivity index (χ1v) is 4.97. The van der Waals surface area contributed by atoms with Crippen LogP contribution in [0.2, 0.25) is 0 Å². The molecule has 0 heterocycles. The highest BCUT2D eigenvalue weighted by Crippen LogP contribution is 2.12. The number of carbonyl (C=O) groups excluding carboxylic acids is 2. The SMILES string of the molecule is CN(C)C(=O)c1cccc(NC(=O)N(C)O)c1. The maximum Gasteiger partial charge on any atom is 0.345 e. The molecule has 0 saturated heterocycles. The van der Waals surface area contributed by atoms with Crippen molar-refractivity contribution in [1.29, 1.82) is 0 Å². The van der Waals surface area contributed by atoms with Gasteiger partial charge in [0.2, 0.25) is 0 Å². The molecular weight excluding hydrogens is 222 g/mol. The molecule has 0 atom stereocenters. The number of urea groups is 1. The number of carbonyl (C=O) groups is 2. The lowest BCUT2D eigenvalue weighted by Crippen LogP contribution is -2.28. The second kappa shape index (κ2) is 5.31. The Morgan fingerprint density at radius 3 is 2.41 bits per heavy atom. The van der Waals surface area contributed by atoms with E-state index in [1.165, 1.54) is 11.9 Å². The van der Waals surface area contributed by atoms with Crippen LogP contribution in [-0.2, 0) is 0 Å². The van der Waals surface area contributed by atoms with Gasteiger partial charge in [0.05, 0.1) is 0 Å². The normalized spacial score (nSPS) is 9.65. The Balaban J connectivity index is 2.86. The number of rotatable bonds is 2. The zero-order valence-electron chi connectivity index (χ0n) is 9.97. The molecule has 0 aliphatic carbocycles.